The van der Waals surface area contributed by atoms with Crippen LogP contribution in [0.2, 0.25) is 5.02 Å². The Balaban J connectivity index is 2.02. The van der Waals surface area contributed by atoms with Gasteiger partial charge in [0, 0.05) is 11.8 Å². The molecule has 3 aromatic rings. The van der Waals surface area contributed by atoms with Crippen LogP contribution in [-0.2, 0) is 9.59 Å². The standard InChI is InChI=1S/C28H26ClNO6/c1-15-9-16(2)11-18(10-15)30-25(17-7-6-8-19(12-17)34-3)24(27(32)28(30)33)26(31)20-13-21(29)23(36-5)14-22(20)35-4/h6-14,25,31H,1-5H3/b26-24+. The molecule has 186 valence electrons. The van der Waals surface area contributed by atoms with Crippen LogP contribution in [-0.4, -0.2) is 38.1 Å². The number of methoxy groups -OCH3 is 3. The van der Waals surface area contributed by atoms with Crippen molar-refractivity contribution < 1.29 is 28.9 Å². The number of nitrogens with zero attached hydrogens (tertiary/aromatic N) is 1. The second-order valence-corrected chi connectivity index (χ2v) is 8.89. The second kappa shape index (κ2) is 9.95. The van der Waals surface area contributed by atoms with Crippen LogP contribution in [0, 0.1) is 13.8 Å². The molecule has 1 atom stereocenters. The van der Waals surface area contributed by atoms with Crippen molar-refractivity contribution in [1.82, 2.24) is 0 Å². The fraction of sp³-hybridized carbons (Fsp3) is 0.214. The number of rotatable bonds is 6. The molecule has 1 aliphatic heterocycles. The first-order chi connectivity index (χ1) is 17.2. The van der Waals surface area contributed by atoms with Crippen molar-refractivity contribution in [3.63, 3.8) is 0 Å². The number of aliphatic hydroxyl groups excluding tert-OH is 1. The van der Waals surface area contributed by atoms with E-state index in [1.54, 1.807) is 24.3 Å². The monoisotopic (exact) mass is 507 g/mol. The summed E-state index contributed by atoms with van der Waals surface area (Å²) in [5, 5.41) is 11.7. The molecule has 0 radical (unpaired) electrons. The van der Waals surface area contributed by atoms with Gasteiger partial charge in [-0.25, -0.2) is 0 Å². The summed E-state index contributed by atoms with van der Waals surface area (Å²) in [5.41, 5.74) is 3.07. The van der Waals surface area contributed by atoms with Gasteiger partial charge in [-0.1, -0.05) is 29.8 Å². The van der Waals surface area contributed by atoms with Crippen LogP contribution in [0.3, 0.4) is 0 Å². The van der Waals surface area contributed by atoms with E-state index in [4.69, 9.17) is 25.8 Å². The van der Waals surface area contributed by atoms with E-state index in [9.17, 15) is 14.7 Å². The SMILES string of the molecule is COc1cccc(C2/C(=C(\O)c3cc(Cl)c(OC)cc3OC)C(=O)C(=O)N2c2cc(C)cc(C)c2)c1. The Morgan fingerprint density at radius 1 is 0.889 bits per heavy atom. The Morgan fingerprint density at radius 3 is 2.17 bits per heavy atom. The molecule has 1 amide bonds. The highest BCUT2D eigenvalue weighted by molar-refractivity contribution is 6.51. The quantitative estimate of drug-likeness (QED) is 0.265. The van der Waals surface area contributed by atoms with E-state index in [0.29, 0.717) is 22.7 Å². The Hall–Kier alpha value is -3.97. The summed E-state index contributed by atoms with van der Waals surface area (Å²) < 4.78 is 16.1. The number of halogens is 1. The molecule has 1 N–H and O–H groups in total. The van der Waals surface area contributed by atoms with Gasteiger partial charge < -0.3 is 19.3 Å². The van der Waals surface area contributed by atoms with Gasteiger partial charge in [0.1, 0.15) is 23.0 Å². The van der Waals surface area contributed by atoms with E-state index in [2.05, 4.69) is 0 Å². The molecular weight excluding hydrogens is 482 g/mol. The molecule has 0 aliphatic carbocycles. The zero-order valence-corrected chi connectivity index (χ0v) is 21.3. The Kier molecular flexibility index (Phi) is 6.95. The van der Waals surface area contributed by atoms with E-state index in [0.717, 1.165) is 11.1 Å². The lowest BCUT2D eigenvalue weighted by Gasteiger charge is -2.26. The third-order valence-corrected chi connectivity index (χ3v) is 6.36. The molecule has 1 saturated heterocycles. The van der Waals surface area contributed by atoms with Crippen LogP contribution in [0.1, 0.15) is 28.3 Å². The van der Waals surface area contributed by atoms with Crippen LogP contribution < -0.4 is 19.1 Å². The largest absolute Gasteiger partial charge is 0.507 e. The summed E-state index contributed by atoms with van der Waals surface area (Å²) in [4.78, 5) is 28.3. The summed E-state index contributed by atoms with van der Waals surface area (Å²) >= 11 is 6.33. The molecular formula is C28H26ClNO6. The number of carbonyl (C=O) groups is 2. The lowest BCUT2D eigenvalue weighted by Crippen LogP contribution is -2.29. The third kappa shape index (κ3) is 4.38. The Morgan fingerprint density at radius 2 is 1.56 bits per heavy atom. The van der Waals surface area contributed by atoms with Crippen molar-refractivity contribution >= 4 is 34.7 Å². The number of hydrogen-bond donors (Lipinski definition) is 1. The molecule has 1 fully saturated rings. The molecule has 1 unspecified atom stereocenters. The number of amides is 1. The number of anilines is 1. The van der Waals surface area contributed by atoms with Gasteiger partial charge in [-0.2, -0.15) is 0 Å². The predicted molar refractivity (Wildman–Crippen MR) is 138 cm³/mol. The molecule has 4 rings (SSSR count). The first-order valence-corrected chi connectivity index (χ1v) is 11.5. The molecule has 0 spiro atoms. The number of hydrogen-bond acceptors (Lipinski definition) is 6. The maximum Gasteiger partial charge on any atom is 0.300 e. The minimum atomic E-state index is -0.924. The van der Waals surface area contributed by atoms with Crippen LogP contribution >= 0.6 is 11.6 Å². The molecule has 3 aromatic carbocycles. The summed E-state index contributed by atoms with van der Waals surface area (Å²) in [6.45, 7) is 3.83. The first kappa shape index (κ1) is 25.1. The van der Waals surface area contributed by atoms with Gasteiger partial charge in [0.15, 0.2) is 0 Å². The number of aliphatic hydroxyl groups is 1. The van der Waals surface area contributed by atoms with E-state index in [1.807, 2.05) is 32.0 Å². The predicted octanol–water partition coefficient (Wildman–Crippen LogP) is 5.61. The minimum absolute atomic E-state index is 0.0908. The highest BCUT2D eigenvalue weighted by Gasteiger charge is 2.47. The summed E-state index contributed by atoms with van der Waals surface area (Å²) in [6, 6.07) is 14.7. The second-order valence-electron chi connectivity index (χ2n) is 8.48. The van der Waals surface area contributed by atoms with Gasteiger partial charge in [0.2, 0.25) is 0 Å². The van der Waals surface area contributed by atoms with Crippen molar-refractivity contribution in [3.05, 3.63) is 87.4 Å². The van der Waals surface area contributed by atoms with Crippen molar-refractivity contribution in [2.75, 3.05) is 26.2 Å². The van der Waals surface area contributed by atoms with Gasteiger partial charge in [-0.05, 0) is 60.9 Å². The molecule has 8 heteroatoms. The molecule has 1 aliphatic rings. The van der Waals surface area contributed by atoms with Gasteiger partial charge in [-0.15, -0.1) is 0 Å². The number of Topliss-reactive ketones (excluding diaryl/α,β-unsaturated/α-hetero) is 1. The molecule has 0 aromatic heterocycles. The Labute approximate surface area is 214 Å². The molecule has 7 nitrogen and oxygen atoms in total. The lowest BCUT2D eigenvalue weighted by molar-refractivity contribution is -0.132. The first-order valence-electron chi connectivity index (χ1n) is 11.1. The number of ether oxygens (including phenoxy) is 3. The maximum absolute atomic E-state index is 13.5. The fourth-order valence-corrected chi connectivity index (χ4v) is 4.75. The number of aryl methyl sites for hydroxylation is 2. The Bertz CT molecular complexity index is 1380. The van der Waals surface area contributed by atoms with E-state index >= 15 is 0 Å². The normalized spacial score (nSPS) is 16.8. The van der Waals surface area contributed by atoms with E-state index < -0.39 is 23.5 Å². The zero-order valence-electron chi connectivity index (χ0n) is 20.6. The van der Waals surface area contributed by atoms with Crippen molar-refractivity contribution in [3.8, 4) is 17.2 Å². The van der Waals surface area contributed by atoms with Gasteiger partial charge in [-0.3, -0.25) is 14.5 Å². The van der Waals surface area contributed by atoms with Gasteiger partial charge in [0.05, 0.1) is 43.5 Å². The lowest BCUT2D eigenvalue weighted by atomic mass is 9.94. The van der Waals surface area contributed by atoms with Gasteiger partial charge in [0.25, 0.3) is 11.7 Å². The highest BCUT2D eigenvalue weighted by atomic mass is 35.5. The summed E-state index contributed by atoms with van der Waals surface area (Å²) in [5.74, 6) is -0.875. The maximum atomic E-state index is 13.5. The molecule has 0 saturated carbocycles. The number of carbonyl (C=O) groups excluding carboxylic acids is 2. The van der Waals surface area contributed by atoms with Crippen molar-refractivity contribution in [1.29, 1.82) is 0 Å². The number of ketones is 1. The topological polar surface area (TPSA) is 85.3 Å². The minimum Gasteiger partial charge on any atom is -0.507 e. The van der Waals surface area contributed by atoms with Crippen LogP contribution in [0.4, 0.5) is 5.69 Å². The molecule has 0 bridgehead atoms. The average Bonchev–Trinajstić information content (AvgIpc) is 3.13. The highest BCUT2D eigenvalue weighted by Crippen LogP contribution is 2.45. The fourth-order valence-electron chi connectivity index (χ4n) is 4.51. The van der Waals surface area contributed by atoms with Crippen molar-refractivity contribution in [2.45, 2.75) is 19.9 Å². The van der Waals surface area contributed by atoms with Crippen LogP contribution in [0.25, 0.3) is 5.76 Å². The molecule has 1 heterocycles. The summed E-state index contributed by atoms with van der Waals surface area (Å²) in [6.07, 6.45) is 0. The van der Waals surface area contributed by atoms with Crippen molar-refractivity contribution in [2.24, 2.45) is 0 Å². The summed E-state index contributed by atoms with van der Waals surface area (Å²) in [7, 11) is 4.41. The van der Waals surface area contributed by atoms with Crippen LogP contribution in [0.5, 0.6) is 17.2 Å². The van der Waals surface area contributed by atoms with Crippen LogP contribution in [0.15, 0.2) is 60.2 Å². The third-order valence-electron chi connectivity index (χ3n) is 6.07. The number of benzene rings is 3. The van der Waals surface area contributed by atoms with E-state index in [-0.39, 0.29) is 21.9 Å². The zero-order chi connectivity index (χ0) is 26.1. The average molecular weight is 508 g/mol. The smallest absolute Gasteiger partial charge is 0.300 e. The van der Waals surface area contributed by atoms with Gasteiger partial charge >= 0.3 is 0 Å². The van der Waals surface area contributed by atoms with E-state index in [1.165, 1.54) is 38.4 Å². The molecule has 36 heavy (non-hydrogen) atoms.